The smallest absolute Gasteiger partial charge is 0.0863 e. The Labute approximate surface area is 106 Å². The topological polar surface area (TPSA) is 44.0 Å². The van der Waals surface area contributed by atoms with Gasteiger partial charge in [-0.1, -0.05) is 40.0 Å². The maximum absolute atomic E-state index is 11.0. The SMILES string of the molecule is CCCC(O)(CCC)C1(C#N)CCC(CC)C1. The molecule has 0 aromatic rings. The number of hydrogen-bond donors (Lipinski definition) is 1. The summed E-state index contributed by atoms with van der Waals surface area (Å²) in [5.41, 5.74) is -1.23. The van der Waals surface area contributed by atoms with Gasteiger partial charge in [-0.15, -0.1) is 0 Å². The van der Waals surface area contributed by atoms with Crippen LogP contribution in [0.2, 0.25) is 0 Å². The molecule has 0 saturated heterocycles. The van der Waals surface area contributed by atoms with Gasteiger partial charge in [0.2, 0.25) is 0 Å². The molecule has 0 amide bonds. The molecular formula is C15H27NO. The highest BCUT2D eigenvalue weighted by molar-refractivity contribution is 5.14. The molecule has 1 saturated carbocycles. The Bertz CT molecular complexity index is 275. The van der Waals surface area contributed by atoms with E-state index in [1.165, 1.54) is 0 Å². The van der Waals surface area contributed by atoms with Crippen LogP contribution in [0.5, 0.6) is 0 Å². The highest BCUT2D eigenvalue weighted by atomic mass is 16.3. The van der Waals surface area contributed by atoms with Crippen LogP contribution in [0.1, 0.15) is 72.1 Å². The number of nitrogens with zero attached hydrogens (tertiary/aromatic N) is 1. The summed E-state index contributed by atoms with van der Waals surface area (Å²) in [7, 11) is 0. The average Bonchev–Trinajstić information content (AvgIpc) is 2.75. The third-order valence-electron chi connectivity index (χ3n) is 4.63. The molecule has 1 N–H and O–H groups in total. The molecule has 0 spiro atoms. The summed E-state index contributed by atoms with van der Waals surface area (Å²) >= 11 is 0. The standard InChI is InChI=1S/C15H27NO/c1-4-8-15(17,9-5-2)14(12-16)10-7-13(6-3)11-14/h13,17H,4-11H2,1-3H3. The fraction of sp³-hybridized carbons (Fsp3) is 0.933. The van der Waals surface area contributed by atoms with Crippen LogP contribution >= 0.6 is 0 Å². The van der Waals surface area contributed by atoms with E-state index in [2.05, 4.69) is 26.8 Å². The van der Waals surface area contributed by atoms with Crippen LogP contribution in [-0.2, 0) is 0 Å². The first kappa shape index (κ1) is 14.5. The molecule has 1 aliphatic carbocycles. The Morgan fingerprint density at radius 3 is 2.24 bits per heavy atom. The van der Waals surface area contributed by atoms with E-state index < -0.39 is 11.0 Å². The fourth-order valence-electron chi connectivity index (χ4n) is 3.55. The molecule has 98 valence electrons. The van der Waals surface area contributed by atoms with Gasteiger partial charge in [0.25, 0.3) is 0 Å². The van der Waals surface area contributed by atoms with Crippen molar-refractivity contribution >= 4 is 0 Å². The maximum atomic E-state index is 11.0. The first-order valence-corrected chi connectivity index (χ1v) is 7.21. The van der Waals surface area contributed by atoms with E-state index in [1.807, 2.05) is 0 Å². The zero-order valence-corrected chi connectivity index (χ0v) is 11.6. The normalized spacial score (nSPS) is 29.2. The van der Waals surface area contributed by atoms with Crippen molar-refractivity contribution in [1.82, 2.24) is 0 Å². The monoisotopic (exact) mass is 237 g/mol. The first-order chi connectivity index (χ1) is 8.07. The Kier molecular flexibility index (Phi) is 5.01. The zero-order chi connectivity index (χ0) is 12.9. The lowest BCUT2D eigenvalue weighted by Crippen LogP contribution is -2.46. The lowest BCUT2D eigenvalue weighted by molar-refractivity contribution is -0.0692. The molecule has 17 heavy (non-hydrogen) atoms. The van der Waals surface area contributed by atoms with Gasteiger partial charge in [0, 0.05) is 0 Å². The lowest BCUT2D eigenvalue weighted by Gasteiger charge is -2.41. The van der Waals surface area contributed by atoms with Crippen LogP contribution in [0, 0.1) is 22.7 Å². The van der Waals surface area contributed by atoms with E-state index in [9.17, 15) is 10.4 Å². The van der Waals surface area contributed by atoms with Gasteiger partial charge in [-0.25, -0.2) is 0 Å². The molecule has 0 heterocycles. The number of aliphatic hydroxyl groups is 1. The highest BCUT2D eigenvalue weighted by Crippen LogP contribution is 2.52. The summed E-state index contributed by atoms with van der Waals surface area (Å²) < 4.78 is 0. The van der Waals surface area contributed by atoms with Crippen molar-refractivity contribution < 1.29 is 5.11 Å². The van der Waals surface area contributed by atoms with E-state index in [-0.39, 0.29) is 0 Å². The summed E-state index contributed by atoms with van der Waals surface area (Å²) in [5.74, 6) is 0.634. The third-order valence-corrected chi connectivity index (χ3v) is 4.63. The van der Waals surface area contributed by atoms with Crippen molar-refractivity contribution in [3.63, 3.8) is 0 Å². The van der Waals surface area contributed by atoms with Gasteiger partial charge in [-0.2, -0.15) is 5.26 Å². The van der Waals surface area contributed by atoms with Gasteiger partial charge >= 0.3 is 0 Å². The summed E-state index contributed by atoms with van der Waals surface area (Å²) in [4.78, 5) is 0. The van der Waals surface area contributed by atoms with Crippen molar-refractivity contribution in [3.05, 3.63) is 0 Å². The zero-order valence-electron chi connectivity index (χ0n) is 11.6. The van der Waals surface area contributed by atoms with E-state index >= 15 is 0 Å². The minimum absolute atomic E-state index is 0.473. The number of nitriles is 1. The largest absolute Gasteiger partial charge is 0.388 e. The second-order valence-electron chi connectivity index (χ2n) is 5.74. The molecule has 1 rings (SSSR count). The van der Waals surface area contributed by atoms with Gasteiger partial charge < -0.3 is 5.11 Å². The van der Waals surface area contributed by atoms with E-state index in [1.54, 1.807) is 0 Å². The fourth-order valence-corrected chi connectivity index (χ4v) is 3.55. The summed E-state index contributed by atoms with van der Waals surface area (Å²) in [6.07, 6.45) is 7.48. The van der Waals surface area contributed by atoms with Crippen molar-refractivity contribution in [2.75, 3.05) is 0 Å². The lowest BCUT2D eigenvalue weighted by atomic mass is 9.66. The van der Waals surface area contributed by atoms with Crippen LogP contribution in [0.15, 0.2) is 0 Å². The second-order valence-corrected chi connectivity index (χ2v) is 5.74. The molecule has 0 aromatic carbocycles. The van der Waals surface area contributed by atoms with E-state index in [0.29, 0.717) is 5.92 Å². The molecule has 1 aliphatic rings. The minimum Gasteiger partial charge on any atom is -0.388 e. The Hall–Kier alpha value is -0.550. The Morgan fingerprint density at radius 2 is 1.88 bits per heavy atom. The summed E-state index contributed by atoms with van der Waals surface area (Å²) in [6.45, 7) is 6.38. The van der Waals surface area contributed by atoms with Crippen molar-refractivity contribution in [2.45, 2.75) is 77.7 Å². The number of hydrogen-bond acceptors (Lipinski definition) is 2. The molecule has 2 nitrogen and oxygen atoms in total. The third kappa shape index (κ3) is 2.65. The van der Waals surface area contributed by atoms with Crippen molar-refractivity contribution in [1.29, 1.82) is 5.26 Å². The van der Waals surface area contributed by atoms with Gasteiger partial charge in [0.05, 0.1) is 17.1 Å². The van der Waals surface area contributed by atoms with Gasteiger partial charge in [-0.05, 0) is 38.0 Å². The molecular weight excluding hydrogens is 210 g/mol. The molecule has 0 radical (unpaired) electrons. The Balaban J connectivity index is 2.94. The molecule has 1 fully saturated rings. The quantitative estimate of drug-likeness (QED) is 0.757. The Morgan fingerprint density at radius 1 is 1.29 bits per heavy atom. The van der Waals surface area contributed by atoms with Crippen LogP contribution in [0.4, 0.5) is 0 Å². The van der Waals surface area contributed by atoms with Crippen LogP contribution in [-0.4, -0.2) is 10.7 Å². The van der Waals surface area contributed by atoms with Crippen LogP contribution in [0.3, 0.4) is 0 Å². The predicted octanol–water partition coefficient (Wildman–Crippen LogP) is 4.04. The minimum atomic E-state index is -0.755. The van der Waals surface area contributed by atoms with Crippen molar-refractivity contribution in [2.24, 2.45) is 11.3 Å². The van der Waals surface area contributed by atoms with E-state index in [4.69, 9.17) is 0 Å². The predicted molar refractivity (Wildman–Crippen MR) is 70.4 cm³/mol. The number of rotatable bonds is 6. The average molecular weight is 237 g/mol. The second kappa shape index (κ2) is 5.87. The maximum Gasteiger partial charge on any atom is 0.0863 e. The molecule has 2 atom stereocenters. The first-order valence-electron chi connectivity index (χ1n) is 7.21. The molecule has 0 aliphatic heterocycles. The molecule has 2 unspecified atom stereocenters. The van der Waals surface area contributed by atoms with Gasteiger partial charge in [-0.3, -0.25) is 0 Å². The highest BCUT2D eigenvalue weighted by Gasteiger charge is 2.53. The van der Waals surface area contributed by atoms with E-state index in [0.717, 1.165) is 51.4 Å². The van der Waals surface area contributed by atoms with Crippen LogP contribution < -0.4 is 0 Å². The van der Waals surface area contributed by atoms with Gasteiger partial charge in [0.15, 0.2) is 0 Å². The molecule has 0 bridgehead atoms. The summed E-state index contributed by atoms with van der Waals surface area (Å²) in [6, 6.07) is 2.50. The van der Waals surface area contributed by atoms with Crippen molar-refractivity contribution in [3.8, 4) is 6.07 Å². The molecule has 0 aromatic heterocycles. The molecule has 2 heteroatoms. The summed E-state index contributed by atoms with van der Waals surface area (Å²) in [5, 5.41) is 20.6. The van der Waals surface area contributed by atoms with Gasteiger partial charge in [0.1, 0.15) is 0 Å². The van der Waals surface area contributed by atoms with Crippen LogP contribution in [0.25, 0.3) is 0 Å².